The van der Waals surface area contributed by atoms with Crippen molar-refractivity contribution in [3.05, 3.63) is 35.0 Å². The zero-order valence-electron chi connectivity index (χ0n) is 10.5. The van der Waals surface area contributed by atoms with Gasteiger partial charge in [-0.1, -0.05) is 12.1 Å². The van der Waals surface area contributed by atoms with E-state index in [4.69, 9.17) is 4.74 Å². The molecule has 0 saturated heterocycles. The van der Waals surface area contributed by atoms with E-state index in [-0.39, 0.29) is 0 Å². The quantitative estimate of drug-likeness (QED) is 0.913. The zero-order chi connectivity index (χ0) is 13.4. The number of aryl methyl sites for hydroxylation is 1. The summed E-state index contributed by atoms with van der Waals surface area (Å²) in [7, 11) is 1.58. The highest BCUT2D eigenvalue weighted by atomic mass is 32.2. The SMILES string of the molecule is COc1cccc2c(C(=O)O)c3c(nc12)CCSC3. The van der Waals surface area contributed by atoms with Crippen LogP contribution < -0.4 is 4.74 Å². The molecule has 1 aliphatic heterocycles. The second kappa shape index (κ2) is 4.74. The number of pyridine rings is 1. The first kappa shape index (κ1) is 12.3. The molecule has 19 heavy (non-hydrogen) atoms. The normalized spacial score (nSPS) is 14.2. The summed E-state index contributed by atoms with van der Waals surface area (Å²) in [5, 5.41) is 10.2. The number of para-hydroxylation sites is 1. The number of ether oxygens (including phenoxy) is 1. The van der Waals surface area contributed by atoms with E-state index in [1.165, 1.54) is 0 Å². The Bertz CT molecular complexity index is 669. The number of carboxylic acid groups (broad SMARTS) is 1. The Morgan fingerprint density at radius 2 is 2.32 bits per heavy atom. The third-order valence-electron chi connectivity index (χ3n) is 3.33. The average Bonchev–Trinajstić information content (AvgIpc) is 2.43. The average molecular weight is 275 g/mol. The highest BCUT2D eigenvalue weighted by Crippen LogP contribution is 2.34. The maximum absolute atomic E-state index is 11.6. The number of hydrogen-bond donors (Lipinski definition) is 1. The lowest BCUT2D eigenvalue weighted by atomic mass is 9.99. The Labute approximate surface area is 114 Å². The van der Waals surface area contributed by atoms with E-state index in [0.29, 0.717) is 22.2 Å². The molecule has 1 N–H and O–H groups in total. The summed E-state index contributed by atoms with van der Waals surface area (Å²) < 4.78 is 5.29. The highest BCUT2D eigenvalue weighted by Gasteiger charge is 2.23. The second-order valence-corrected chi connectivity index (χ2v) is 5.48. The first-order valence-electron chi connectivity index (χ1n) is 6.02. The lowest BCUT2D eigenvalue weighted by molar-refractivity contribution is 0.0698. The third kappa shape index (κ3) is 1.94. The van der Waals surface area contributed by atoms with Crippen LogP contribution in [0.4, 0.5) is 0 Å². The van der Waals surface area contributed by atoms with Gasteiger partial charge in [-0.25, -0.2) is 9.78 Å². The molecule has 1 aromatic heterocycles. The topological polar surface area (TPSA) is 59.4 Å². The molecule has 0 spiro atoms. The molecule has 3 rings (SSSR count). The van der Waals surface area contributed by atoms with Gasteiger partial charge in [0, 0.05) is 16.8 Å². The Morgan fingerprint density at radius 1 is 1.47 bits per heavy atom. The van der Waals surface area contributed by atoms with Gasteiger partial charge in [0.25, 0.3) is 0 Å². The fourth-order valence-corrected chi connectivity index (χ4v) is 3.46. The van der Waals surface area contributed by atoms with Crippen molar-refractivity contribution in [1.82, 2.24) is 4.98 Å². The largest absolute Gasteiger partial charge is 0.494 e. The second-order valence-electron chi connectivity index (χ2n) is 4.38. The van der Waals surface area contributed by atoms with Crippen molar-refractivity contribution in [2.75, 3.05) is 12.9 Å². The van der Waals surface area contributed by atoms with Crippen molar-refractivity contribution < 1.29 is 14.6 Å². The number of methoxy groups -OCH3 is 1. The molecular weight excluding hydrogens is 262 g/mol. The van der Waals surface area contributed by atoms with Crippen LogP contribution in [0, 0.1) is 0 Å². The summed E-state index contributed by atoms with van der Waals surface area (Å²) >= 11 is 1.75. The fourth-order valence-electron chi connectivity index (χ4n) is 2.46. The number of thioether (sulfide) groups is 1. The molecule has 0 bridgehead atoms. The zero-order valence-corrected chi connectivity index (χ0v) is 11.3. The van der Waals surface area contributed by atoms with Crippen LogP contribution in [0.1, 0.15) is 21.6 Å². The molecule has 0 radical (unpaired) electrons. The maximum atomic E-state index is 11.6. The number of aromatic nitrogens is 1. The molecule has 0 unspecified atom stereocenters. The van der Waals surface area contributed by atoms with Crippen LogP contribution in [0.15, 0.2) is 18.2 Å². The Kier molecular flexibility index (Phi) is 3.06. The predicted octanol–water partition coefficient (Wildman–Crippen LogP) is 2.73. The van der Waals surface area contributed by atoms with E-state index < -0.39 is 5.97 Å². The van der Waals surface area contributed by atoms with Crippen molar-refractivity contribution in [3.8, 4) is 5.75 Å². The third-order valence-corrected chi connectivity index (χ3v) is 4.31. The van der Waals surface area contributed by atoms with E-state index in [0.717, 1.165) is 29.2 Å². The van der Waals surface area contributed by atoms with Crippen molar-refractivity contribution in [2.45, 2.75) is 12.2 Å². The van der Waals surface area contributed by atoms with Crippen LogP contribution >= 0.6 is 11.8 Å². The molecule has 0 fully saturated rings. The van der Waals surface area contributed by atoms with Crippen LogP contribution in [-0.4, -0.2) is 28.9 Å². The molecule has 0 saturated carbocycles. The van der Waals surface area contributed by atoms with Gasteiger partial charge in [-0.15, -0.1) is 0 Å². The van der Waals surface area contributed by atoms with Crippen molar-refractivity contribution >= 4 is 28.6 Å². The summed E-state index contributed by atoms with van der Waals surface area (Å²) in [5.74, 6) is 1.44. The molecule has 1 aromatic carbocycles. The van der Waals surface area contributed by atoms with E-state index in [1.54, 1.807) is 31.0 Å². The highest BCUT2D eigenvalue weighted by molar-refractivity contribution is 7.98. The number of hydrogen-bond acceptors (Lipinski definition) is 4. The van der Waals surface area contributed by atoms with Crippen LogP contribution in [0.25, 0.3) is 10.9 Å². The van der Waals surface area contributed by atoms with Gasteiger partial charge in [0.15, 0.2) is 0 Å². The summed E-state index contributed by atoms with van der Waals surface area (Å²) in [6.07, 6.45) is 0.814. The lowest BCUT2D eigenvalue weighted by Gasteiger charge is -2.19. The van der Waals surface area contributed by atoms with E-state index in [2.05, 4.69) is 4.98 Å². The molecule has 2 aromatic rings. The molecule has 0 aliphatic carbocycles. The molecule has 1 aliphatic rings. The summed E-state index contributed by atoms with van der Waals surface area (Å²) in [6, 6.07) is 5.41. The van der Waals surface area contributed by atoms with Gasteiger partial charge in [-0.2, -0.15) is 11.8 Å². The standard InChI is InChI=1S/C14H13NO3S/c1-18-11-4-2-3-8-12(14(16)17)9-7-19-6-5-10(9)15-13(8)11/h2-4H,5-7H2,1H3,(H,16,17). The Hall–Kier alpha value is -1.75. The first-order valence-corrected chi connectivity index (χ1v) is 7.17. The van der Waals surface area contributed by atoms with E-state index in [9.17, 15) is 9.90 Å². The van der Waals surface area contributed by atoms with Crippen LogP contribution in [-0.2, 0) is 12.2 Å². The summed E-state index contributed by atoms with van der Waals surface area (Å²) in [6.45, 7) is 0. The molecule has 5 heteroatoms. The van der Waals surface area contributed by atoms with Crippen LogP contribution in [0.2, 0.25) is 0 Å². The van der Waals surface area contributed by atoms with E-state index in [1.807, 2.05) is 6.07 Å². The molecule has 4 nitrogen and oxygen atoms in total. The minimum absolute atomic E-state index is 0.381. The minimum Gasteiger partial charge on any atom is -0.494 e. The molecule has 0 atom stereocenters. The van der Waals surface area contributed by atoms with Gasteiger partial charge in [-0.05, 0) is 23.8 Å². The van der Waals surface area contributed by atoms with E-state index >= 15 is 0 Å². The fraction of sp³-hybridized carbons (Fsp3) is 0.286. The number of nitrogens with zero attached hydrogens (tertiary/aromatic N) is 1. The Morgan fingerprint density at radius 3 is 3.05 bits per heavy atom. The van der Waals surface area contributed by atoms with Crippen molar-refractivity contribution in [3.63, 3.8) is 0 Å². The predicted molar refractivity (Wildman–Crippen MR) is 75.1 cm³/mol. The molecule has 98 valence electrons. The minimum atomic E-state index is -0.889. The maximum Gasteiger partial charge on any atom is 0.336 e. The Balaban J connectivity index is 2.42. The number of aromatic carboxylic acids is 1. The van der Waals surface area contributed by atoms with Crippen LogP contribution in [0.5, 0.6) is 5.75 Å². The number of rotatable bonds is 2. The molecule has 2 heterocycles. The van der Waals surface area contributed by atoms with Gasteiger partial charge in [-0.3, -0.25) is 0 Å². The van der Waals surface area contributed by atoms with Crippen molar-refractivity contribution in [2.24, 2.45) is 0 Å². The van der Waals surface area contributed by atoms with Gasteiger partial charge in [0.2, 0.25) is 0 Å². The van der Waals surface area contributed by atoms with Gasteiger partial charge >= 0.3 is 5.97 Å². The monoisotopic (exact) mass is 275 g/mol. The number of carboxylic acids is 1. The molecular formula is C14H13NO3S. The van der Waals surface area contributed by atoms with Crippen molar-refractivity contribution in [1.29, 1.82) is 0 Å². The van der Waals surface area contributed by atoms with Gasteiger partial charge < -0.3 is 9.84 Å². The smallest absolute Gasteiger partial charge is 0.336 e. The number of benzene rings is 1. The number of carbonyl (C=O) groups is 1. The lowest BCUT2D eigenvalue weighted by Crippen LogP contribution is -2.13. The van der Waals surface area contributed by atoms with Crippen LogP contribution in [0.3, 0.4) is 0 Å². The summed E-state index contributed by atoms with van der Waals surface area (Å²) in [4.78, 5) is 16.2. The molecule has 0 amide bonds. The summed E-state index contributed by atoms with van der Waals surface area (Å²) in [5.41, 5.74) is 2.79. The van der Waals surface area contributed by atoms with Gasteiger partial charge in [0.05, 0.1) is 12.7 Å². The first-order chi connectivity index (χ1) is 9.22. The number of fused-ring (bicyclic) bond motifs is 2. The van der Waals surface area contributed by atoms with Gasteiger partial charge in [0.1, 0.15) is 11.3 Å².